The minimum atomic E-state index is -0.377. The van der Waals surface area contributed by atoms with Crippen molar-refractivity contribution >= 4 is 11.3 Å². The van der Waals surface area contributed by atoms with Gasteiger partial charge >= 0.3 is 0 Å². The van der Waals surface area contributed by atoms with Crippen LogP contribution in [0.15, 0.2) is 53.9 Å². The highest BCUT2D eigenvalue weighted by molar-refractivity contribution is 7.11. The van der Waals surface area contributed by atoms with Crippen LogP contribution in [0.25, 0.3) is 22.5 Å². The summed E-state index contributed by atoms with van der Waals surface area (Å²) in [5.74, 6) is 5.95. The molecule has 1 N–H and O–H groups in total. The van der Waals surface area contributed by atoms with Crippen LogP contribution in [-0.4, -0.2) is 59.8 Å². The lowest BCUT2D eigenvalue weighted by Gasteiger charge is -2.32. The van der Waals surface area contributed by atoms with Crippen LogP contribution in [0.1, 0.15) is 21.6 Å². The first-order chi connectivity index (χ1) is 17.6. The number of rotatable bonds is 5. The maximum Gasteiger partial charge on any atom is 0.165 e. The zero-order valence-electron chi connectivity index (χ0n) is 20.2. The molecule has 1 aliphatic carbocycles. The average Bonchev–Trinajstić information content (AvgIpc) is 3.59. The number of nitrogens with zero attached hydrogens (tertiary/aromatic N) is 3. The van der Waals surface area contributed by atoms with Gasteiger partial charge in [-0.25, -0.2) is 4.39 Å². The molecule has 0 atom stereocenters. The number of hydrogen-bond donors (Lipinski definition) is 1. The molecule has 36 heavy (non-hydrogen) atoms. The molecule has 2 aromatic heterocycles. The van der Waals surface area contributed by atoms with Crippen molar-refractivity contribution in [2.24, 2.45) is 0 Å². The Hall–Kier alpha value is -3.44. The Balaban J connectivity index is 1.13. The van der Waals surface area contributed by atoms with Crippen molar-refractivity contribution in [2.75, 3.05) is 39.8 Å². The minimum Gasteiger partial charge on any atom is -0.478 e. The van der Waals surface area contributed by atoms with Gasteiger partial charge in [-0.1, -0.05) is 42.2 Å². The second kappa shape index (κ2) is 9.90. The third-order valence-electron chi connectivity index (χ3n) is 6.90. The third kappa shape index (κ3) is 4.68. The number of likely N-dealkylation sites (N-methyl/N-ethyl adjacent to an activating group) is 1. The second-order valence-electron chi connectivity index (χ2n) is 9.39. The van der Waals surface area contributed by atoms with E-state index < -0.39 is 0 Å². The van der Waals surface area contributed by atoms with Gasteiger partial charge in [-0.05, 0) is 36.4 Å². The van der Waals surface area contributed by atoms with Crippen LogP contribution in [0.5, 0.6) is 5.75 Å². The molecular formula is C29H27FN4OS. The topological polar surface area (TPSA) is 44.4 Å². The molecule has 2 aliphatic rings. The molecule has 1 aliphatic heterocycles. The Labute approximate surface area is 214 Å². The number of hydrogen-bond acceptors (Lipinski definition) is 5. The number of benzene rings is 2. The van der Waals surface area contributed by atoms with Gasteiger partial charge in [0.05, 0.1) is 16.3 Å². The van der Waals surface area contributed by atoms with Gasteiger partial charge in [0.1, 0.15) is 6.61 Å². The molecule has 7 heteroatoms. The maximum absolute atomic E-state index is 13.7. The van der Waals surface area contributed by atoms with Crippen molar-refractivity contribution in [3.8, 4) is 40.1 Å². The summed E-state index contributed by atoms with van der Waals surface area (Å²) in [4.78, 5) is 5.86. The molecular weight excluding hydrogens is 471 g/mol. The van der Waals surface area contributed by atoms with E-state index >= 15 is 0 Å². The number of halogens is 1. The zero-order chi connectivity index (χ0) is 24.5. The average molecular weight is 499 g/mol. The van der Waals surface area contributed by atoms with Crippen LogP contribution < -0.4 is 4.74 Å². The van der Waals surface area contributed by atoms with E-state index in [0.717, 1.165) is 61.0 Å². The second-order valence-corrected chi connectivity index (χ2v) is 10.3. The van der Waals surface area contributed by atoms with Gasteiger partial charge in [-0.3, -0.25) is 10.00 Å². The standard InChI is InChI=1S/C29H27FN4OS/c1-33-10-12-34(13-11-33)18-20-8-9-24-21(15-20)17-25-28(31-32-29(24)25)22-16-23(36-19-22)5-4-14-35-27-7-3-2-6-26(27)30/h2-3,6-9,15-16,19H,10-14,17-18H2,1H3,(H,31,32). The normalized spacial score (nSPS) is 15.3. The first-order valence-corrected chi connectivity index (χ1v) is 13.1. The summed E-state index contributed by atoms with van der Waals surface area (Å²) in [6, 6.07) is 15.3. The molecule has 1 fully saturated rings. The smallest absolute Gasteiger partial charge is 0.165 e. The van der Waals surface area contributed by atoms with Crippen LogP contribution in [0.2, 0.25) is 0 Å². The number of aromatic nitrogens is 2. The van der Waals surface area contributed by atoms with E-state index in [1.165, 1.54) is 28.3 Å². The fraction of sp³-hybridized carbons (Fsp3) is 0.276. The van der Waals surface area contributed by atoms with Crippen molar-refractivity contribution in [3.05, 3.63) is 81.3 Å². The Morgan fingerprint density at radius 3 is 2.83 bits per heavy atom. The Bertz CT molecular complexity index is 1460. The predicted octanol–water partition coefficient (Wildman–Crippen LogP) is 5.03. The number of thiophene rings is 1. The lowest BCUT2D eigenvalue weighted by Crippen LogP contribution is -2.43. The highest BCUT2D eigenvalue weighted by Crippen LogP contribution is 2.41. The van der Waals surface area contributed by atoms with Crippen molar-refractivity contribution in [3.63, 3.8) is 0 Å². The summed E-state index contributed by atoms with van der Waals surface area (Å²) in [6.07, 6.45) is 0.889. The number of H-pyrrole nitrogens is 1. The van der Waals surface area contributed by atoms with Gasteiger partial charge in [0.25, 0.3) is 0 Å². The fourth-order valence-corrected chi connectivity index (χ4v) is 5.67. The van der Waals surface area contributed by atoms with Gasteiger partial charge < -0.3 is 9.64 Å². The summed E-state index contributed by atoms with van der Waals surface area (Å²) in [6.45, 7) is 5.66. The maximum atomic E-state index is 13.7. The minimum absolute atomic E-state index is 0.137. The molecule has 3 heterocycles. The van der Waals surface area contributed by atoms with Crippen LogP contribution in [0.3, 0.4) is 0 Å². The molecule has 0 saturated carbocycles. The van der Waals surface area contributed by atoms with Crippen molar-refractivity contribution in [2.45, 2.75) is 13.0 Å². The van der Waals surface area contributed by atoms with E-state index in [9.17, 15) is 4.39 Å². The quantitative estimate of drug-likeness (QED) is 0.346. The van der Waals surface area contributed by atoms with Crippen LogP contribution in [0, 0.1) is 17.7 Å². The number of aromatic amines is 1. The Kier molecular flexibility index (Phi) is 6.32. The largest absolute Gasteiger partial charge is 0.478 e. The predicted molar refractivity (Wildman–Crippen MR) is 142 cm³/mol. The van der Waals surface area contributed by atoms with Gasteiger partial charge in [0.15, 0.2) is 11.6 Å². The van der Waals surface area contributed by atoms with Gasteiger partial charge in [-0.2, -0.15) is 5.10 Å². The Morgan fingerprint density at radius 2 is 1.97 bits per heavy atom. The molecule has 5 nitrogen and oxygen atoms in total. The molecule has 0 bridgehead atoms. The lowest BCUT2D eigenvalue weighted by molar-refractivity contribution is 0.148. The highest BCUT2D eigenvalue weighted by Gasteiger charge is 2.26. The molecule has 0 unspecified atom stereocenters. The van der Waals surface area contributed by atoms with Crippen molar-refractivity contribution in [1.82, 2.24) is 20.0 Å². The van der Waals surface area contributed by atoms with E-state index in [0.29, 0.717) is 0 Å². The van der Waals surface area contributed by atoms with Gasteiger partial charge in [0, 0.05) is 61.2 Å². The molecule has 1 saturated heterocycles. The first-order valence-electron chi connectivity index (χ1n) is 12.2. The number of ether oxygens (including phenoxy) is 1. The number of piperazine rings is 1. The molecule has 0 spiro atoms. The van der Waals surface area contributed by atoms with Crippen LogP contribution in [0.4, 0.5) is 4.39 Å². The van der Waals surface area contributed by atoms with Crippen LogP contribution in [-0.2, 0) is 13.0 Å². The summed E-state index contributed by atoms with van der Waals surface area (Å²) < 4.78 is 19.1. The van der Waals surface area contributed by atoms with Crippen LogP contribution >= 0.6 is 11.3 Å². The highest BCUT2D eigenvalue weighted by atomic mass is 32.1. The molecule has 0 amide bonds. The molecule has 6 rings (SSSR count). The number of para-hydroxylation sites is 1. The van der Waals surface area contributed by atoms with E-state index in [-0.39, 0.29) is 18.2 Å². The molecule has 4 aromatic rings. The van der Waals surface area contributed by atoms with E-state index in [2.05, 4.69) is 68.5 Å². The number of fused-ring (bicyclic) bond motifs is 3. The number of nitrogens with one attached hydrogen (secondary N) is 1. The Morgan fingerprint density at radius 1 is 1.11 bits per heavy atom. The van der Waals surface area contributed by atoms with E-state index in [1.54, 1.807) is 29.5 Å². The third-order valence-corrected chi connectivity index (χ3v) is 7.74. The van der Waals surface area contributed by atoms with Gasteiger partial charge in [0.2, 0.25) is 0 Å². The summed E-state index contributed by atoms with van der Waals surface area (Å²) in [5.41, 5.74) is 8.45. The molecule has 182 valence electrons. The van der Waals surface area contributed by atoms with Crippen molar-refractivity contribution < 1.29 is 9.13 Å². The van der Waals surface area contributed by atoms with E-state index in [1.807, 2.05) is 0 Å². The van der Waals surface area contributed by atoms with Gasteiger partial charge in [-0.15, -0.1) is 11.3 Å². The first kappa shape index (κ1) is 23.0. The molecule has 2 aromatic carbocycles. The summed E-state index contributed by atoms with van der Waals surface area (Å²) in [5, 5.41) is 10.0. The summed E-state index contributed by atoms with van der Waals surface area (Å²) >= 11 is 1.58. The van der Waals surface area contributed by atoms with Crippen molar-refractivity contribution in [1.29, 1.82) is 0 Å². The summed E-state index contributed by atoms with van der Waals surface area (Å²) in [7, 11) is 2.19. The lowest BCUT2D eigenvalue weighted by atomic mass is 10.0. The SMILES string of the molecule is CN1CCN(Cc2ccc3c(c2)Cc2c(-c4csc(C#CCOc5ccccc5F)c4)n[nH]c2-3)CC1. The monoisotopic (exact) mass is 498 g/mol. The fourth-order valence-electron chi connectivity index (χ4n) is 4.91. The zero-order valence-corrected chi connectivity index (χ0v) is 21.0. The van der Waals surface area contributed by atoms with E-state index in [4.69, 9.17) is 4.74 Å². The molecule has 0 radical (unpaired) electrons.